The van der Waals surface area contributed by atoms with Crippen molar-refractivity contribution in [1.82, 2.24) is 4.90 Å². The van der Waals surface area contributed by atoms with Crippen LogP contribution >= 0.6 is 11.6 Å². The fourth-order valence-electron chi connectivity index (χ4n) is 2.63. The van der Waals surface area contributed by atoms with Crippen LogP contribution in [0.1, 0.15) is 10.4 Å². The molecule has 2 N–H and O–H groups in total. The summed E-state index contributed by atoms with van der Waals surface area (Å²) in [6.45, 7) is 2.44. The Balaban J connectivity index is 1.52. The van der Waals surface area contributed by atoms with E-state index in [0.29, 0.717) is 48.3 Å². The SMILES string of the molecule is O=C(CNc1ccccc1Cl)Nc1ccc(C(=O)N2CCOCC2)cc1. The van der Waals surface area contributed by atoms with Crippen molar-refractivity contribution >= 4 is 34.8 Å². The molecule has 0 saturated carbocycles. The number of morpholine rings is 1. The highest BCUT2D eigenvalue weighted by atomic mass is 35.5. The molecule has 3 rings (SSSR count). The second-order valence-corrected chi connectivity index (χ2v) is 6.27. The number of ether oxygens (including phenoxy) is 1. The zero-order valence-corrected chi connectivity index (χ0v) is 15.0. The molecule has 0 atom stereocenters. The number of carbonyl (C=O) groups is 2. The van der Waals surface area contributed by atoms with Crippen molar-refractivity contribution in [3.05, 3.63) is 59.1 Å². The number of benzene rings is 2. The summed E-state index contributed by atoms with van der Waals surface area (Å²) in [6.07, 6.45) is 0. The fraction of sp³-hybridized carbons (Fsp3) is 0.263. The summed E-state index contributed by atoms with van der Waals surface area (Å²) < 4.78 is 5.26. The van der Waals surface area contributed by atoms with Crippen molar-refractivity contribution in [3.8, 4) is 0 Å². The number of hydrogen-bond acceptors (Lipinski definition) is 4. The van der Waals surface area contributed by atoms with Crippen molar-refractivity contribution in [1.29, 1.82) is 0 Å². The van der Waals surface area contributed by atoms with E-state index in [2.05, 4.69) is 10.6 Å². The largest absolute Gasteiger partial charge is 0.378 e. The van der Waals surface area contributed by atoms with Gasteiger partial charge in [-0.1, -0.05) is 23.7 Å². The van der Waals surface area contributed by atoms with Gasteiger partial charge in [-0.15, -0.1) is 0 Å². The molecule has 136 valence electrons. The molecule has 1 aliphatic rings. The third kappa shape index (κ3) is 4.74. The van der Waals surface area contributed by atoms with Crippen LogP contribution in [0, 0.1) is 0 Å². The minimum Gasteiger partial charge on any atom is -0.378 e. The lowest BCUT2D eigenvalue weighted by Crippen LogP contribution is -2.40. The Kier molecular flexibility index (Phi) is 6.09. The topological polar surface area (TPSA) is 70.7 Å². The molecular formula is C19H20ClN3O3. The highest BCUT2D eigenvalue weighted by Gasteiger charge is 2.18. The highest BCUT2D eigenvalue weighted by molar-refractivity contribution is 6.33. The van der Waals surface area contributed by atoms with Crippen LogP contribution in [0.4, 0.5) is 11.4 Å². The first-order chi connectivity index (χ1) is 12.6. The Labute approximate surface area is 157 Å². The number of nitrogens with one attached hydrogen (secondary N) is 2. The Morgan fingerprint density at radius 2 is 1.73 bits per heavy atom. The molecule has 26 heavy (non-hydrogen) atoms. The van der Waals surface area contributed by atoms with Crippen LogP contribution in [0.15, 0.2) is 48.5 Å². The van der Waals surface area contributed by atoms with Crippen LogP contribution in [-0.2, 0) is 9.53 Å². The van der Waals surface area contributed by atoms with E-state index in [1.807, 2.05) is 18.2 Å². The van der Waals surface area contributed by atoms with E-state index in [4.69, 9.17) is 16.3 Å². The summed E-state index contributed by atoms with van der Waals surface area (Å²) in [6, 6.07) is 14.1. The summed E-state index contributed by atoms with van der Waals surface area (Å²) in [4.78, 5) is 26.2. The number of rotatable bonds is 5. The molecule has 7 heteroatoms. The molecule has 2 aromatic carbocycles. The van der Waals surface area contributed by atoms with Crippen LogP contribution in [0.25, 0.3) is 0 Å². The third-order valence-corrected chi connectivity index (χ3v) is 4.36. The van der Waals surface area contributed by atoms with Crippen LogP contribution in [0.3, 0.4) is 0 Å². The molecule has 2 amide bonds. The summed E-state index contributed by atoms with van der Waals surface area (Å²) in [5, 5.41) is 6.34. The molecule has 0 aliphatic carbocycles. The van der Waals surface area contributed by atoms with E-state index in [-0.39, 0.29) is 18.4 Å². The van der Waals surface area contributed by atoms with Crippen molar-refractivity contribution in [2.24, 2.45) is 0 Å². The minimum atomic E-state index is -0.197. The summed E-state index contributed by atoms with van der Waals surface area (Å²) in [5.74, 6) is -0.219. The van der Waals surface area contributed by atoms with Crippen LogP contribution in [0.2, 0.25) is 5.02 Å². The standard InChI is InChI=1S/C19H20ClN3O3/c20-16-3-1-2-4-17(16)21-13-18(24)22-15-7-5-14(6-8-15)19(25)23-9-11-26-12-10-23/h1-8,21H,9-13H2,(H,22,24). The van der Waals surface area contributed by atoms with Gasteiger partial charge in [-0.2, -0.15) is 0 Å². The van der Waals surface area contributed by atoms with Crippen LogP contribution < -0.4 is 10.6 Å². The first-order valence-electron chi connectivity index (χ1n) is 8.39. The number of anilines is 2. The maximum atomic E-state index is 12.4. The van der Waals surface area contributed by atoms with Crippen molar-refractivity contribution < 1.29 is 14.3 Å². The predicted octanol–water partition coefficient (Wildman–Crippen LogP) is 2.86. The van der Waals surface area contributed by atoms with E-state index >= 15 is 0 Å². The second-order valence-electron chi connectivity index (χ2n) is 5.86. The van der Waals surface area contributed by atoms with Gasteiger partial charge >= 0.3 is 0 Å². The lowest BCUT2D eigenvalue weighted by Gasteiger charge is -2.26. The third-order valence-electron chi connectivity index (χ3n) is 4.03. The molecule has 1 aliphatic heterocycles. The lowest BCUT2D eigenvalue weighted by atomic mass is 10.1. The molecule has 2 aromatic rings. The number of amides is 2. The smallest absolute Gasteiger partial charge is 0.254 e. The van der Waals surface area contributed by atoms with Gasteiger partial charge < -0.3 is 20.3 Å². The number of carbonyl (C=O) groups excluding carboxylic acids is 2. The average Bonchev–Trinajstić information content (AvgIpc) is 2.68. The first kappa shape index (κ1) is 18.2. The van der Waals surface area contributed by atoms with Crippen molar-refractivity contribution in [2.75, 3.05) is 43.5 Å². The van der Waals surface area contributed by atoms with Crippen molar-refractivity contribution in [2.45, 2.75) is 0 Å². The second kappa shape index (κ2) is 8.69. The minimum absolute atomic E-state index is 0.0217. The number of para-hydroxylation sites is 1. The van der Waals surface area contributed by atoms with E-state index < -0.39 is 0 Å². The molecule has 0 radical (unpaired) electrons. The maximum Gasteiger partial charge on any atom is 0.254 e. The predicted molar refractivity (Wildman–Crippen MR) is 102 cm³/mol. The Bertz CT molecular complexity index is 774. The van der Waals surface area contributed by atoms with E-state index in [1.165, 1.54) is 0 Å². The molecular weight excluding hydrogens is 354 g/mol. The van der Waals surface area contributed by atoms with Gasteiger partial charge in [0.15, 0.2) is 0 Å². The number of nitrogens with zero attached hydrogens (tertiary/aromatic N) is 1. The quantitative estimate of drug-likeness (QED) is 0.845. The van der Waals surface area contributed by atoms with E-state index in [9.17, 15) is 9.59 Å². The zero-order valence-electron chi connectivity index (χ0n) is 14.2. The highest BCUT2D eigenvalue weighted by Crippen LogP contribution is 2.20. The molecule has 1 saturated heterocycles. The van der Waals surface area contributed by atoms with Gasteiger partial charge in [-0.05, 0) is 36.4 Å². The molecule has 6 nitrogen and oxygen atoms in total. The summed E-state index contributed by atoms with van der Waals surface area (Å²) in [7, 11) is 0. The maximum absolute atomic E-state index is 12.4. The number of hydrogen-bond donors (Lipinski definition) is 2. The van der Waals surface area contributed by atoms with Crippen molar-refractivity contribution in [3.63, 3.8) is 0 Å². The molecule has 0 unspecified atom stereocenters. The van der Waals surface area contributed by atoms with Gasteiger partial charge in [0, 0.05) is 24.3 Å². The molecule has 0 spiro atoms. The Hall–Kier alpha value is -2.57. The summed E-state index contributed by atoms with van der Waals surface area (Å²) in [5.41, 5.74) is 1.93. The molecule has 0 aromatic heterocycles. The first-order valence-corrected chi connectivity index (χ1v) is 8.76. The van der Waals surface area contributed by atoms with Gasteiger partial charge in [0.05, 0.1) is 30.5 Å². The van der Waals surface area contributed by atoms with E-state index in [0.717, 1.165) is 0 Å². The Morgan fingerprint density at radius 3 is 2.42 bits per heavy atom. The normalized spacial score (nSPS) is 14.0. The van der Waals surface area contributed by atoms with Gasteiger partial charge in [-0.25, -0.2) is 0 Å². The lowest BCUT2D eigenvalue weighted by molar-refractivity contribution is -0.114. The monoisotopic (exact) mass is 373 g/mol. The van der Waals surface area contributed by atoms with Gasteiger partial charge in [0.1, 0.15) is 0 Å². The number of halogens is 1. The van der Waals surface area contributed by atoms with Gasteiger partial charge in [-0.3, -0.25) is 9.59 Å². The average molecular weight is 374 g/mol. The van der Waals surface area contributed by atoms with Gasteiger partial charge in [0.2, 0.25) is 5.91 Å². The molecule has 0 bridgehead atoms. The Morgan fingerprint density at radius 1 is 1.04 bits per heavy atom. The summed E-state index contributed by atoms with van der Waals surface area (Å²) >= 11 is 6.04. The van der Waals surface area contributed by atoms with Gasteiger partial charge in [0.25, 0.3) is 5.91 Å². The molecule has 1 fully saturated rings. The van der Waals surface area contributed by atoms with Crippen LogP contribution in [0.5, 0.6) is 0 Å². The van der Waals surface area contributed by atoms with E-state index in [1.54, 1.807) is 35.2 Å². The fourth-order valence-corrected chi connectivity index (χ4v) is 2.83. The zero-order chi connectivity index (χ0) is 18.4. The van der Waals surface area contributed by atoms with Crippen LogP contribution in [-0.4, -0.2) is 49.6 Å². The molecule has 1 heterocycles.